The molecule has 1 unspecified atom stereocenters. The molecule has 2 heterocycles. The summed E-state index contributed by atoms with van der Waals surface area (Å²) in [6.07, 6.45) is 0.589. The van der Waals surface area contributed by atoms with E-state index in [-0.39, 0.29) is 18.2 Å². The summed E-state index contributed by atoms with van der Waals surface area (Å²) < 4.78 is 41.9. The number of ether oxygens (including phenoxy) is 1. The highest BCUT2D eigenvalue weighted by Gasteiger charge is 2.31. The van der Waals surface area contributed by atoms with Gasteiger partial charge in [0.05, 0.1) is 16.1 Å². The Kier molecular flexibility index (Phi) is 4.82. The van der Waals surface area contributed by atoms with E-state index in [1.165, 1.54) is 24.3 Å². The molecule has 1 amide bonds. The van der Waals surface area contributed by atoms with Crippen LogP contribution in [0.5, 0.6) is 5.75 Å². The number of hydrogen-bond donors (Lipinski definition) is 2. The third-order valence-corrected chi connectivity index (χ3v) is 3.93. The molecule has 0 saturated carbocycles. The summed E-state index contributed by atoms with van der Waals surface area (Å²) in [5, 5.41) is 2.69. The highest BCUT2D eigenvalue weighted by Crippen LogP contribution is 2.22. The van der Waals surface area contributed by atoms with E-state index in [9.17, 15) is 18.0 Å². The second kappa shape index (κ2) is 6.89. The summed E-state index contributed by atoms with van der Waals surface area (Å²) >= 11 is 3.33. The normalized spacial score (nSPS) is 19.2. The predicted molar refractivity (Wildman–Crippen MR) is 86.2 cm³/mol. The summed E-state index contributed by atoms with van der Waals surface area (Å²) in [6, 6.07) is 5.31. The van der Waals surface area contributed by atoms with E-state index in [1.54, 1.807) is 16.2 Å². The molecule has 0 aromatic heterocycles. The second-order valence-corrected chi connectivity index (χ2v) is 6.21. The Morgan fingerprint density at radius 2 is 2.08 bits per heavy atom. The van der Waals surface area contributed by atoms with Gasteiger partial charge in [0.15, 0.2) is 12.4 Å². The van der Waals surface area contributed by atoms with Crippen LogP contribution in [-0.4, -0.2) is 28.7 Å². The smallest absolute Gasteiger partial charge is 0.406 e. The van der Waals surface area contributed by atoms with Gasteiger partial charge in [-0.2, -0.15) is 4.99 Å². The number of quaternary nitrogens is 1. The Morgan fingerprint density at radius 1 is 1.36 bits per heavy atom. The molecule has 0 bridgehead atoms. The summed E-state index contributed by atoms with van der Waals surface area (Å²) in [7, 11) is 0. The van der Waals surface area contributed by atoms with Crippen molar-refractivity contribution in [2.45, 2.75) is 12.9 Å². The average molecular weight is 418 g/mol. The van der Waals surface area contributed by atoms with Gasteiger partial charge in [-0.1, -0.05) is 12.1 Å². The number of nitrogens with zero attached hydrogens (tertiary/aromatic N) is 2. The van der Waals surface area contributed by atoms with E-state index in [0.29, 0.717) is 17.9 Å². The van der Waals surface area contributed by atoms with Gasteiger partial charge in [0.2, 0.25) is 5.84 Å². The van der Waals surface area contributed by atoms with E-state index in [4.69, 9.17) is 0 Å². The zero-order valence-corrected chi connectivity index (χ0v) is 14.3. The molecule has 1 atom stereocenters. The van der Waals surface area contributed by atoms with Gasteiger partial charge in [0, 0.05) is 18.8 Å². The molecule has 10 heteroatoms. The molecule has 0 saturated heterocycles. The van der Waals surface area contributed by atoms with Crippen LogP contribution in [0.2, 0.25) is 0 Å². The fourth-order valence-electron chi connectivity index (χ4n) is 2.31. The number of hydrogen-bond acceptors (Lipinski definition) is 4. The maximum absolute atomic E-state index is 12.2. The monoisotopic (exact) mass is 417 g/mol. The van der Waals surface area contributed by atoms with Crippen molar-refractivity contribution in [2.24, 2.45) is 4.99 Å². The lowest BCUT2D eigenvalue weighted by Crippen LogP contribution is -3.11. The standard InChI is InChI=1S/C15H12BrF3N4O2/c16-23-6-5-13-21-12(8-22(13)9-23)14(24)20-7-10-1-3-11(4-2-10)25-15(17,18)19/h1-6,8H,7,9H2,(H,20,24)/p+1. The van der Waals surface area contributed by atoms with E-state index in [0.717, 1.165) is 10.7 Å². The summed E-state index contributed by atoms with van der Waals surface area (Å²) in [5.41, 5.74) is 0.945. The van der Waals surface area contributed by atoms with Crippen LogP contribution in [0.1, 0.15) is 5.56 Å². The van der Waals surface area contributed by atoms with Crippen LogP contribution in [-0.2, 0) is 11.3 Å². The lowest BCUT2D eigenvalue weighted by atomic mass is 10.2. The van der Waals surface area contributed by atoms with E-state index >= 15 is 0 Å². The SMILES string of the molecule is O=C(NCc1ccc(OC(F)(F)F)cc1)C1=C[NH+]2CN(Br)C=CC2=N1. The van der Waals surface area contributed by atoms with Crippen molar-refractivity contribution in [3.05, 3.63) is 54.0 Å². The molecule has 2 N–H and O–H groups in total. The van der Waals surface area contributed by atoms with Crippen LogP contribution in [0.3, 0.4) is 0 Å². The van der Waals surface area contributed by atoms with Crippen molar-refractivity contribution in [3.8, 4) is 5.75 Å². The number of alkyl halides is 3. The minimum Gasteiger partial charge on any atom is -0.406 e. The van der Waals surface area contributed by atoms with E-state index in [1.807, 2.05) is 6.20 Å². The molecule has 2 aliphatic heterocycles. The molecule has 0 spiro atoms. The number of halogens is 4. The number of benzene rings is 1. The number of nitrogens with one attached hydrogen (secondary N) is 2. The fourth-order valence-corrected chi connectivity index (χ4v) is 2.70. The van der Waals surface area contributed by atoms with Gasteiger partial charge in [-0.3, -0.25) is 8.72 Å². The first-order chi connectivity index (χ1) is 11.8. The predicted octanol–water partition coefficient (Wildman–Crippen LogP) is 1.44. The van der Waals surface area contributed by atoms with Crippen molar-refractivity contribution in [3.63, 3.8) is 0 Å². The minimum atomic E-state index is -4.72. The quantitative estimate of drug-likeness (QED) is 0.728. The van der Waals surface area contributed by atoms with Crippen molar-refractivity contribution in [1.29, 1.82) is 0 Å². The van der Waals surface area contributed by atoms with Gasteiger partial charge in [0.1, 0.15) is 11.9 Å². The van der Waals surface area contributed by atoms with Crippen molar-refractivity contribution in [2.75, 3.05) is 6.67 Å². The Morgan fingerprint density at radius 3 is 2.76 bits per heavy atom. The maximum atomic E-state index is 12.2. The topological polar surface area (TPSA) is 58.4 Å². The molecule has 2 aliphatic rings. The minimum absolute atomic E-state index is 0.170. The van der Waals surface area contributed by atoms with Crippen LogP contribution in [0.4, 0.5) is 13.2 Å². The van der Waals surface area contributed by atoms with E-state index < -0.39 is 6.36 Å². The van der Waals surface area contributed by atoms with Gasteiger partial charge in [-0.25, -0.2) is 4.90 Å². The first-order valence-corrected chi connectivity index (χ1v) is 7.91. The largest absolute Gasteiger partial charge is 0.573 e. The average Bonchev–Trinajstić information content (AvgIpc) is 2.95. The summed E-state index contributed by atoms with van der Waals surface area (Å²) in [5.74, 6) is 0.0908. The van der Waals surface area contributed by atoms with Crippen LogP contribution in [0.15, 0.2) is 53.4 Å². The lowest BCUT2D eigenvalue weighted by Gasteiger charge is -2.19. The molecule has 25 heavy (non-hydrogen) atoms. The zero-order chi connectivity index (χ0) is 18.0. The Bertz CT molecular complexity index is 759. The first-order valence-electron chi connectivity index (χ1n) is 7.20. The highest BCUT2D eigenvalue weighted by atomic mass is 79.9. The van der Waals surface area contributed by atoms with Crippen molar-refractivity contribution in [1.82, 2.24) is 9.24 Å². The van der Waals surface area contributed by atoms with Crippen LogP contribution in [0, 0.1) is 0 Å². The molecule has 1 aromatic rings. The molecular formula is C15H13BrF3N4O2+. The zero-order valence-electron chi connectivity index (χ0n) is 12.7. The van der Waals surface area contributed by atoms with Gasteiger partial charge >= 0.3 is 6.36 Å². The molecule has 1 aromatic carbocycles. The summed E-state index contributed by atoms with van der Waals surface area (Å²) in [6.45, 7) is 0.774. The molecular weight excluding hydrogens is 405 g/mol. The third kappa shape index (κ3) is 4.60. The number of aliphatic imine (C=N–C) groups is 1. The van der Waals surface area contributed by atoms with Gasteiger partial charge in [-0.15, -0.1) is 13.2 Å². The third-order valence-electron chi connectivity index (χ3n) is 3.44. The summed E-state index contributed by atoms with van der Waals surface area (Å²) in [4.78, 5) is 17.4. The van der Waals surface area contributed by atoms with Crippen LogP contribution >= 0.6 is 16.1 Å². The second-order valence-electron chi connectivity index (χ2n) is 5.30. The van der Waals surface area contributed by atoms with Crippen molar-refractivity contribution >= 4 is 27.9 Å². The molecule has 6 nitrogen and oxygen atoms in total. The Labute approximate surface area is 149 Å². The molecule has 3 rings (SSSR count). The number of carbonyl (C=O) groups is 1. The number of carbonyl (C=O) groups excluding carboxylic acids is 1. The maximum Gasteiger partial charge on any atom is 0.573 e. The molecule has 0 fully saturated rings. The van der Waals surface area contributed by atoms with Gasteiger partial charge in [-0.05, 0) is 17.7 Å². The number of amides is 1. The van der Waals surface area contributed by atoms with E-state index in [2.05, 4.69) is 31.2 Å². The first kappa shape index (κ1) is 17.5. The molecule has 0 radical (unpaired) electrons. The van der Waals surface area contributed by atoms with Gasteiger partial charge < -0.3 is 10.1 Å². The number of rotatable bonds is 4. The lowest BCUT2D eigenvalue weighted by molar-refractivity contribution is -0.753. The molecule has 0 aliphatic carbocycles. The Balaban J connectivity index is 1.56. The van der Waals surface area contributed by atoms with Gasteiger partial charge in [0.25, 0.3) is 5.91 Å². The fraction of sp³-hybridized carbons (Fsp3) is 0.200. The highest BCUT2D eigenvalue weighted by molar-refractivity contribution is 9.07. The number of fused-ring (bicyclic) bond motifs is 1. The Hall–Kier alpha value is -2.33. The molecule has 132 valence electrons. The number of amidine groups is 1. The van der Waals surface area contributed by atoms with Crippen LogP contribution < -0.4 is 15.0 Å². The van der Waals surface area contributed by atoms with Crippen LogP contribution in [0.25, 0.3) is 0 Å². The van der Waals surface area contributed by atoms with Crippen molar-refractivity contribution < 1.29 is 27.6 Å².